The zero-order valence-corrected chi connectivity index (χ0v) is 23.8. The summed E-state index contributed by atoms with van der Waals surface area (Å²) in [6.07, 6.45) is 5.86. The molecule has 0 radical (unpaired) electrons. The van der Waals surface area contributed by atoms with E-state index < -0.39 is 6.04 Å². The lowest BCUT2D eigenvalue weighted by molar-refractivity contribution is -0.139. The van der Waals surface area contributed by atoms with Crippen LogP contribution < -0.4 is 5.32 Å². The van der Waals surface area contributed by atoms with Crippen molar-refractivity contribution >= 4 is 46.8 Å². The Labute approximate surface area is 240 Å². The molecule has 0 aromatic heterocycles. The standard InChI is InChI=1S/C31H34Cl2N2O2S/c32-27-17-16-25(18-28(27)33)20-35(30(36)22-38-21-24-12-6-2-7-13-24)29(19-23-10-4-1-5-11-23)31(37)34-26-14-8-3-9-15-26/h1-2,4-7,10-13,16-18,26,29H,3,8-9,14-15,19-22H2,(H,34,37). The fourth-order valence-corrected chi connectivity index (χ4v) is 6.04. The van der Waals surface area contributed by atoms with Crippen LogP contribution in [-0.2, 0) is 28.3 Å². The van der Waals surface area contributed by atoms with Crippen LogP contribution in [0, 0.1) is 0 Å². The lowest BCUT2D eigenvalue weighted by Crippen LogP contribution is -2.53. The van der Waals surface area contributed by atoms with Crippen LogP contribution >= 0.6 is 35.0 Å². The normalized spacial score (nSPS) is 14.6. The van der Waals surface area contributed by atoms with Gasteiger partial charge in [-0.3, -0.25) is 9.59 Å². The van der Waals surface area contributed by atoms with E-state index in [1.54, 1.807) is 28.8 Å². The number of hydrogen-bond donors (Lipinski definition) is 1. The van der Waals surface area contributed by atoms with E-state index in [4.69, 9.17) is 23.2 Å². The highest BCUT2D eigenvalue weighted by Gasteiger charge is 2.32. The van der Waals surface area contributed by atoms with E-state index in [0.29, 0.717) is 16.5 Å². The van der Waals surface area contributed by atoms with Gasteiger partial charge >= 0.3 is 0 Å². The summed E-state index contributed by atoms with van der Waals surface area (Å²) in [4.78, 5) is 29.3. The summed E-state index contributed by atoms with van der Waals surface area (Å²) < 4.78 is 0. The number of halogens is 2. The molecule has 1 aliphatic rings. The molecule has 2 amide bonds. The van der Waals surface area contributed by atoms with Crippen molar-refractivity contribution in [1.82, 2.24) is 10.2 Å². The Bertz CT molecular complexity index is 1190. The van der Waals surface area contributed by atoms with E-state index in [1.807, 2.05) is 54.6 Å². The molecule has 4 nitrogen and oxygen atoms in total. The average Bonchev–Trinajstić information content (AvgIpc) is 2.94. The number of rotatable bonds is 11. The summed E-state index contributed by atoms with van der Waals surface area (Å²) in [6, 6.07) is 24.9. The fraction of sp³-hybridized carbons (Fsp3) is 0.355. The zero-order valence-electron chi connectivity index (χ0n) is 21.5. The van der Waals surface area contributed by atoms with E-state index in [2.05, 4.69) is 17.4 Å². The van der Waals surface area contributed by atoms with Crippen LogP contribution in [0.4, 0.5) is 0 Å². The van der Waals surface area contributed by atoms with Crippen LogP contribution in [0.25, 0.3) is 0 Å². The molecule has 4 rings (SSSR count). The Morgan fingerprint density at radius 3 is 2.16 bits per heavy atom. The van der Waals surface area contributed by atoms with Gasteiger partial charge in [0, 0.05) is 24.8 Å². The first-order valence-electron chi connectivity index (χ1n) is 13.2. The Morgan fingerprint density at radius 2 is 1.50 bits per heavy atom. The lowest BCUT2D eigenvalue weighted by atomic mass is 9.94. The van der Waals surface area contributed by atoms with E-state index in [1.165, 1.54) is 6.42 Å². The number of hydrogen-bond acceptors (Lipinski definition) is 3. The molecule has 7 heteroatoms. The predicted octanol–water partition coefficient (Wildman–Crippen LogP) is 7.32. The highest BCUT2D eigenvalue weighted by Crippen LogP contribution is 2.25. The number of thioether (sulfide) groups is 1. The Morgan fingerprint density at radius 1 is 0.842 bits per heavy atom. The fourth-order valence-electron chi connectivity index (χ4n) is 4.85. The molecule has 0 aliphatic heterocycles. The first-order valence-corrected chi connectivity index (χ1v) is 15.1. The topological polar surface area (TPSA) is 49.4 Å². The van der Waals surface area contributed by atoms with Gasteiger partial charge < -0.3 is 10.2 Å². The minimum absolute atomic E-state index is 0.0725. The number of carbonyl (C=O) groups is 2. The molecule has 1 fully saturated rings. The third-order valence-corrected chi connectivity index (χ3v) is 8.62. The Balaban J connectivity index is 1.58. The first-order chi connectivity index (χ1) is 18.5. The van der Waals surface area contributed by atoms with Gasteiger partial charge in [0.05, 0.1) is 15.8 Å². The molecule has 0 spiro atoms. The Hall–Kier alpha value is -2.47. The van der Waals surface area contributed by atoms with Crippen LogP contribution in [0.5, 0.6) is 0 Å². The lowest BCUT2D eigenvalue weighted by Gasteiger charge is -2.33. The van der Waals surface area contributed by atoms with Crippen LogP contribution in [0.2, 0.25) is 10.0 Å². The molecule has 200 valence electrons. The maximum Gasteiger partial charge on any atom is 0.243 e. The summed E-state index contributed by atoms with van der Waals surface area (Å²) in [6.45, 7) is 0.275. The molecule has 1 N–H and O–H groups in total. The second-order valence-electron chi connectivity index (χ2n) is 9.80. The molecular weight excluding hydrogens is 535 g/mol. The van der Waals surface area contributed by atoms with Gasteiger partial charge in [0.2, 0.25) is 11.8 Å². The highest BCUT2D eigenvalue weighted by molar-refractivity contribution is 7.99. The van der Waals surface area contributed by atoms with Crippen LogP contribution in [0.3, 0.4) is 0 Å². The van der Waals surface area contributed by atoms with Crippen molar-refractivity contribution in [3.63, 3.8) is 0 Å². The van der Waals surface area contributed by atoms with Crippen LogP contribution in [0.1, 0.15) is 48.8 Å². The average molecular weight is 570 g/mol. The van der Waals surface area contributed by atoms with Crippen molar-refractivity contribution in [3.8, 4) is 0 Å². The minimum atomic E-state index is -0.640. The van der Waals surface area contributed by atoms with E-state index in [9.17, 15) is 9.59 Å². The van der Waals surface area contributed by atoms with Gasteiger partial charge in [-0.2, -0.15) is 0 Å². The summed E-state index contributed by atoms with van der Waals surface area (Å²) in [5.41, 5.74) is 3.02. The number of nitrogens with zero attached hydrogens (tertiary/aromatic N) is 1. The van der Waals surface area contributed by atoms with E-state index in [-0.39, 0.29) is 30.2 Å². The van der Waals surface area contributed by atoms with Gasteiger partial charge in [0.15, 0.2) is 0 Å². The molecule has 0 bridgehead atoms. The van der Waals surface area contributed by atoms with Crippen molar-refractivity contribution in [1.29, 1.82) is 0 Å². The predicted molar refractivity (Wildman–Crippen MR) is 159 cm³/mol. The van der Waals surface area contributed by atoms with Gasteiger partial charge in [0.1, 0.15) is 6.04 Å². The van der Waals surface area contributed by atoms with Gasteiger partial charge in [-0.1, -0.05) is 109 Å². The molecule has 1 saturated carbocycles. The molecular formula is C31H34Cl2N2O2S. The van der Waals surface area contributed by atoms with E-state index >= 15 is 0 Å². The third kappa shape index (κ3) is 8.52. The Kier molecular flexibility index (Phi) is 11.0. The summed E-state index contributed by atoms with van der Waals surface area (Å²) in [7, 11) is 0. The SMILES string of the molecule is O=C(NC1CCCCC1)C(Cc1ccccc1)N(Cc1ccc(Cl)c(Cl)c1)C(=O)CSCc1ccccc1. The monoisotopic (exact) mass is 568 g/mol. The molecule has 38 heavy (non-hydrogen) atoms. The smallest absolute Gasteiger partial charge is 0.243 e. The maximum atomic E-state index is 13.8. The number of nitrogens with one attached hydrogen (secondary N) is 1. The third-order valence-electron chi connectivity index (χ3n) is 6.90. The molecule has 0 heterocycles. The van der Waals surface area contributed by atoms with Crippen molar-refractivity contribution in [2.24, 2.45) is 0 Å². The molecule has 3 aromatic carbocycles. The number of amides is 2. The molecule has 0 saturated heterocycles. The second kappa shape index (κ2) is 14.6. The highest BCUT2D eigenvalue weighted by atomic mass is 35.5. The maximum absolute atomic E-state index is 13.8. The molecule has 3 aromatic rings. The quantitative estimate of drug-likeness (QED) is 0.263. The minimum Gasteiger partial charge on any atom is -0.352 e. The number of carbonyl (C=O) groups excluding carboxylic acids is 2. The van der Waals surface area contributed by atoms with Gasteiger partial charge in [-0.25, -0.2) is 0 Å². The molecule has 1 atom stereocenters. The van der Waals surface area contributed by atoms with Crippen molar-refractivity contribution in [3.05, 3.63) is 106 Å². The van der Waals surface area contributed by atoms with Gasteiger partial charge in [-0.05, 0) is 41.7 Å². The molecule has 1 unspecified atom stereocenters. The second-order valence-corrected chi connectivity index (χ2v) is 11.6. The van der Waals surface area contributed by atoms with Gasteiger partial charge in [-0.15, -0.1) is 11.8 Å². The van der Waals surface area contributed by atoms with Crippen LogP contribution in [0.15, 0.2) is 78.9 Å². The van der Waals surface area contributed by atoms with Crippen molar-refractivity contribution in [2.75, 3.05) is 5.75 Å². The first kappa shape index (κ1) is 28.5. The summed E-state index contributed by atoms with van der Waals surface area (Å²) in [5, 5.41) is 4.17. The summed E-state index contributed by atoms with van der Waals surface area (Å²) >= 11 is 14.0. The van der Waals surface area contributed by atoms with Crippen molar-refractivity contribution < 1.29 is 9.59 Å². The van der Waals surface area contributed by atoms with Crippen molar-refractivity contribution in [2.45, 2.75) is 62.9 Å². The zero-order chi connectivity index (χ0) is 26.7. The van der Waals surface area contributed by atoms with E-state index in [0.717, 1.165) is 48.1 Å². The molecule has 1 aliphatic carbocycles. The van der Waals surface area contributed by atoms with Gasteiger partial charge in [0.25, 0.3) is 0 Å². The van der Waals surface area contributed by atoms with Crippen LogP contribution in [-0.4, -0.2) is 34.6 Å². The largest absolute Gasteiger partial charge is 0.352 e. The summed E-state index contributed by atoms with van der Waals surface area (Å²) in [5.74, 6) is 0.835. The number of benzene rings is 3.